The van der Waals surface area contributed by atoms with Gasteiger partial charge in [0.15, 0.2) is 0 Å². The molecule has 0 amide bonds. The quantitative estimate of drug-likeness (QED) is 0.729. The lowest BCUT2D eigenvalue weighted by atomic mass is 10.2. The first kappa shape index (κ1) is 12.9. The van der Waals surface area contributed by atoms with Gasteiger partial charge in [-0.15, -0.1) is 11.8 Å². The molecule has 0 N–H and O–H groups in total. The second-order valence-electron chi connectivity index (χ2n) is 4.00. The molecule has 3 heteroatoms. The van der Waals surface area contributed by atoms with E-state index in [0.717, 1.165) is 28.4 Å². The fraction of sp³-hybridized carbons (Fsp3) is 0.462. The lowest BCUT2D eigenvalue weighted by molar-refractivity contribution is 0.413. The molecule has 0 aliphatic rings. The standard InChI is InChI=1S/C13H17NOS/c1-10(2)6-7-16-13-8-12(15-3)5-4-11(13)9-14/h4-5,8,10H,6-7H2,1-3H3. The Kier molecular flexibility index (Phi) is 5.21. The van der Waals surface area contributed by atoms with Crippen LogP contribution >= 0.6 is 11.8 Å². The predicted molar refractivity (Wildman–Crippen MR) is 67.9 cm³/mol. The van der Waals surface area contributed by atoms with Gasteiger partial charge in [0.2, 0.25) is 0 Å². The van der Waals surface area contributed by atoms with Gasteiger partial charge in [-0.1, -0.05) is 13.8 Å². The van der Waals surface area contributed by atoms with Gasteiger partial charge in [0, 0.05) is 4.90 Å². The van der Waals surface area contributed by atoms with Crippen LogP contribution in [0.4, 0.5) is 0 Å². The number of nitrogens with zero attached hydrogens (tertiary/aromatic N) is 1. The smallest absolute Gasteiger partial charge is 0.120 e. The zero-order valence-corrected chi connectivity index (χ0v) is 10.8. The number of thioether (sulfide) groups is 1. The van der Waals surface area contributed by atoms with Gasteiger partial charge in [-0.25, -0.2) is 0 Å². The average molecular weight is 235 g/mol. The molecule has 0 bridgehead atoms. The monoisotopic (exact) mass is 235 g/mol. The second-order valence-corrected chi connectivity index (χ2v) is 5.14. The van der Waals surface area contributed by atoms with Crippen LogP contribution in [0, 0.1) is 17.2 Å². The van der Waals surface area contributed by atoms with Crippen LogP contribution in [-0.2, 0) is 0 Å². The molecular weight excluding hydrogens is 218 g/mol. The van der Waals surface area contributed by atoms with Crippen LogP contribution < -0.4 is 4.74 Å². The topological polar surface area (TPSA) is 33.0 Å². The summed E-state index contributed by atoms with van der Waals surface area (Å²) in [6.07, 6.45) is 1.16. The summed E-state index contributed by atoms with van der Waals surface area (Å²) in [7, 11) is 1.64. The number of nitriles is 1. The molecule has 1 aromatic carbocycles. The molecule has 0 radical (unpaired) electrons. The maximum atomic E-state index is 8.99. The number of benzene rings is 1. The van der Waals surface area contributed by atoms with Crippen molar-refractivity contribution in [1.29, 1.82) is 5.26 Å². The van der Waals surface area contributed by atoms with Crippen molar-refractivity contribution in [3.05, 3.63) is 23.8 Å². The molecule has 1 aromatic rings. The van der Waals surface area contributed by atoms with Crippen LogP contribution in [0.1, 0.15) is 25.8 Å². The van der Waals surface area contributed by atoms with E-state index in [0.29, 0.717) is 5.92 Å². The lowest BCUT2D eigenvalue weighted by Gasteiger charge is -2.07. The lowest BCUT2D eigenvalue weighted by Crippen LogP contribution is -1.91. The predicted octanol–water partition coefficient (Wildman–Crippen LogP) is 3.71. The Morgan fingerprint density at radius 1 is 1.44 bits per heavy atom. The summed E-state index contributed by atoms with van der Waals surface area (Å²) >= 11 is 1.73. The van der Waals surface area contributed by atoms with Gasteiger partial charge in [0.25, 0.3) is 0 Å². The molecule has 0 saturated carbocycles. The third-order valence-electron chi connectivity index (χ3n) is 2.26. The summed E-state index contributed by atoms with van der Waals surface area (Å²) in [6.45, 7) is 4.41. The highest BCUT2D eigenvalue weighted by atomic mass is 32.2. The number of ether oxygens (including phenoxy) is 1. The number of methoxy groups -OCH3 is 1. The Morgan fingerprint density at radius 3 is 2.75 bits per heavy atom. The molecule has 0 fully saturated rings. The van der Waals surface area contributed by atoms with Gasteiger partial charge in [-0.2, -0.15) is 5.26 Å². The summed E-state index contributed by atoms with van der Waals surface area (Å²) in [6, 6.07) is 7.78. The van der Waals surface area contributed by atoms with E-state index in [9.17, 15) is 0 Å². The van der Waals surface area contributed by atoms with Gasteiger partial charge in [-0.3, -0.25) is 0 Å². The molecule has 0 atom stereocenters. The van der Waals surface area contributed by atoms with Crippen LogP contribution in [-0.4, -0.2) is 12.9 Å². The SMILES string of the molecule is COc1ccc(C#N)c(SCCC(C)C)c1. The Balaban J connectivity index is 2.72. The van der Waals surface area contributed by atoms with E-state index in [2.05, 4.69) is 19.9 Å². The molecule has 0 aromatic heterocycles. The third-order valence-corrected chi connectivity index (χ3v) is 3.35. The molecule has 2 nitrogen and oxygen atoms in total. The van der Waals surface area contributed by atoms with E-state index in [1.807, 2.05) is 18.2 Å². The number of hydrogen-bond acceptors (Lipinski definition) is 3. The maximum Gasteiger partial charge on any atom is 0.120 e. The Labute approximate surface area is 102 Å². The van der Waals surface area contributed by atoms with E-state index in [1.165, 1.54) is 0 Å². The average Bonchev–Trinajstić information content (AvgIpc) is 2.28. The van der Waals surface area contributed by atoms with Crippen molar-refractivity contribution in [2.75, 3.05) is 12.9 Å². The molecule has 0 unspecified atom stereocenters. The fourth-order valence-corrected chi connectivity index (χ4v) is 2.52. The molecule has 0 saturated heterocycles. The first-order chi connectivity index (χ1) is 7.67. The summed E-state index contributed by atoms with van der Waals surface area (Å²) in [5.41, 5.74) is 0.731. The van der Waals surface area contributed by atoms with E-state index in [1.54, 1.807) is 18.9 Å². The molecule has 16 heavy (non-hydrogen) atoms. The van der Waals surface area contributed by atoms with Crippen molar-refractivity contribution in [3.63, 3.8) is 0 Å². The third kappa shape index (κ3) is 3.79. The molecule has 0 heterocycles. The fourth-order valence-electron chi connectivity index (χ4n) is 1.25. The Morgan fingerprint density at radius 2 is 2.19 bits per heavy atom. The first-order valence-corrected chi connectivity index (χ1v) is 6.37. The summed E-state index contributed by atoms with van der Waals surface area (Å²) in [4.78, 5) is 1.02. The van der Waals surface area contributed by atoms with Gasteiger partial charge in [-0.05, 0) is 36.3 Å². The Hall–Kier alpha value is -1.14. The molecular formula is C13H17NOS. The van der Waals surface area contributed by atoms with E-state index in [4.69, 9.17) is 10.00 Å². The first-order valence-electron chi connectivity index (χ1n) is 5.38. The van der Waals surface area contributed by atoms with Crippen LogP contribution in [0.25, 0.3) is 0 Å². The summed E-state index contributed by atoms with van der Waals surface area (Å²) in [5.74, 6) is 2.55. The van der Waals surface area contributed by atoms with E-state index < -0.39 is 0 Å². The van der Waals surface area contributed by atoms with Crippen molar-refractivity contribution in [2.24, 2.45) is 5.92 Å². The highest BCUT2D eigenvalue weighted by Crippen LogP contribution is 2.28. The van der Waals surface area contributed by atoms with Crippen molar-refractivity contribution in [3.8, 4) is 11.8 Å². The summed E-state index contributed by atoms with van der Waals surface area (Å²) in [5, 5.41) is 8.99. The zero-order chi connectivity index (χ0) is 12.0. The molecule has 1 rings (SSSR count). The van der Waals surface area contributed by atoms with Crippen molar-refractivity contribution in [2.45, 2.75) is 25.2 Å². The van der Waals surface area contributed by atoms with Gasteiger partial charge in [0.05, 0.1) is 12.7 Å². The van der Waals surface area contributed by atoms with E-state index >= 15 is 0 Å². The van der Waals surface area contributed by atoms with Gasteiger partial charge in [0.1, 0.15) is 11.8 Å². The molecule has 0 aliphatic heterocycles. The maximum absolute atomic E-state index is 8.99. The molecule has 0 spiro atoms. The van der Waals surface area contributed by atoms with Crippen LogP contribution in [0.2, 0.25) is 0 Å². The minimum atomic E-state index is 0.698. The van der Waals surface area contributed by atoms with Gasteiger partial charge >= 0.3 is 0 Å². The van der Waals surface area contributed by atoms with Crippen LogP contribution in [0.15, 0.2) is 23.1 Å². The largest absolute Gasteiger partial charge is 0.497 e. The Bertz CT molecular complexity index is 382. The highest BCUT2D eigenvalue weighted by Gasteiger charge is 2.05. The normalized spacial score (nSPS) is 10.2. The van der Waals surface area contributed by atoms with Crippen molar-refractivity contribution >= 4 is 11.8 Å². The number of rotatable bonds is 5. The van der Waals surface area contributed by atoms with Crippen LogP contribution in [0.3, 0.4) is 0 Å². The van der Waals surface area contributed by atoms with Crippen molar-refractivity contribution < 1.29 is 4.74 Å². The molecule has 0 aliphatic carbocycles. The van der Waals surface area contributed by atoms with E-state index in [-0.39, 0.29) is 0 Å². The molecule has 86 valence electrons. The second kappa shape index (κ2) is 6.44. The van der Waals surface area contributed by atoms with Crippen molar-refractivity contribution in [1.82, 2.24) is 0 Å². The van der Waals surface area contributed by atoms with Crippen LogP contribution in [0.5, 0.6) is 5.75 Å². The highest BCUT2D eigenvalue weighted by molar-refractivity contribution is 7.99. The minimum absolute atomic E-state index is 0.698. The zero-order valence-electron chi connectivity index (χ0n) is 9.99. The number of hydrogen-bond donors (Lipinski definition) is 0. The minimum Gasteiger partial charge on any atom is -0.497 e. The summed E-state index contributed by atoms with van der Waals surface area (Å²) < 4.78 is 5.16. The van der Waals surface area contributed by atoms with Gasteiger partial charge < -0.3 is 4.74 Å².